The number of likely N-dealkylation sites (N-methyl/N-ethyl adjacent to an activating group) is 1. The molecule has 0 aliphatic carbocycles. The van der Waals surface area contributed by atoms with Gasteiger partial charge in [0, 0.05) is 13.6 Å². The number of urea groups is 1. The summed E-state index contributed by atoms with van der Waals surface area (Å²) in [6, 6.07) is 10.3. The zero-order valence-electron chi connectivity index (χ0n) is 21.5. The van der Waals surface area contributed by atoms with Crippen LogP contribution in [0.15, 0.2) is 48.5 Å². The number of fused-ring (bicyclic) bond motifs is 1. The number of carbonyl (C=O) groups excluding carboxylic acids is 3. The zero-order valence-corrected chi connectivity index (χ0v) is 21.5. The van der Waals surface area contributed by atoms with Gasteiger partial charge in [0.15, 0.2) is 0 Å². The Morgan fingerprint density at radius 1 is 1.00 bits per heavy atom. The fourth-order valence-electron chi connectivity index (χ4n) is 5.07. The molecule has 2 aromatic carbocycles. The second-order valence-corrected chi connectivity index (χ2v) is 10.1. The number of hydrogen-bond acceptors (Lipinski definition) is 4. The number of hydrazine groups is 1. The van der Waals surface area contributed by atoms with Gasteiger partial charge in [-0.2, -0.15) is 0 Å². The molecule has 4 rings (SSSR count). The summed E-state index contributed by atoms with van der Waals surface area (Å²) in [6.07, 6.45) is -0.272. The van der Waals surface area contributed by atoms with E-state index in [0.29, 0.717) is 6.42 Å². The molecule has 3 atom stereocenters. The molecule has 2 aliphatic rings. The van der Waals surface area contributed by atoms with Crippen LogP contribution in [0.2, 0.25) is 0 Å². The second kappa shape index (κ2) is 10.8. The van der Waals surface area contributed by atoms with Crippen molar-refractivity contribution in [3.63, 3.8) is 0 Å². The average Bonchev–Trinajstić information content (AvgIpc) is 2.84. The first-order valence-electron chi connectivity index (χ1n) is 12.5. The Kier molecular flexibility index (Phi) is 7.77. The fourth-order valence-corrected chi connectivity index (χ4v) is 5.07. The zero-order chi connectivity index (χ0) is 26.9. The number of carbonyl (C=O) groups is 3. The molecular weight excluding hydrogens is 480 g/mol. The molecule has 0 spiro atoms. The lowest BCUT2D eigenvalue weighted by molar-refractivity contribution is -0.190. The van der Waals surface area contributed by atoms with Gasteiger partial charge < -0.3 is 15.1 Å². The first kappa shape index (κ1) is 26.5. The number of hydrogen-bond donors (Lipinski definition) is 1. The van der Waals surface area contributed by atoms with Gasteiger partial charge in [0.05, 0.1) is 19.1 Å². The molecule has 0 radical (unpaired) electrons. The molecule has 1 unspecified atom stereocenters. The monoisotopic (exact) mass is 513 g/mol. The number of halogens is 2. The van der Waals surface area contributed by atoms with E-state index < -0.39 is 24.3 Å². The third kappa shape index (κ3) is 5.58. The standard InChI is InChI=1S/C27H33F2N5O3/c1-17(2)13-23-26(36)32(18(3)20-7-11-22(29)12-8-20)15-24-33(23)25(35)16-31(4)34(24)27(37)30-14-19-5-9-21(28)10-6-19/h5-12,17-18,23-24H,13-16H2,1-4H3,(H,30,37)/t18?,23-,24-/m0/s1. The maximum absolute atomic E-state index is 13.7. The van der Waals surface area contributed by atoms with Crippen molar-refractivity contribution in [3.8, 4) is 0 Å². The van der Waals surface area contributed by atoms with E-state index in [4.69, 9.17) is 0 Å². The van der Waals surface area contributed by atoms with E-state index in [1.165, 1.54) is 29.3 Å². The van der Waals surface area contributed by atoms with Crippen molar-refractivity contribution in [1.29, 1.82) is 0 Å². The van der Waals surface area contributed by atoms with Gasteiger partial charge in [-0.3, -0.25) is 9.59 Å². The second-order valence-electron chi connectivity index (χ2n) is 10.1. The Bertz CT molecular complexity index is 1140. The van der Waals surface area contributed by atoms with Gasteiger partial charge in [-0.15, -0.1) is 0 Å². The van der Waals surface area contributed by atoms with Gasteiger partial charge in [0.25, 0.3) is 0 Å². The molecule has 198 valence electrons. The minimum Gasteiger partial charge on any atom is -0.333 e. The Labute approximate surface area is 215 Å². The lowest BCUT2D eigenvalue weighted by Gasteiger charge is -2.55. The van der Waals surface area contributed by atoms with E-state index in [-0.39, 0.29) is 49.0 Å². The number of rotatable bonds is 6. The summed E-state index contributed by atoms with van der Waals surface area (Å²) >= 11 is 0. The molecule has 0 saturated carbocycles. The third-order valence-electron chi connectivity index (χ3n) is 6.97. The molecule has 10 heteroatoms. The van der Waals surface area contributed by atoms with Crippen LogP contribution < -0.4 is 5.32 Å². The van der Waals surface area contributed by atoms with Crippen LogP contribution in [0.25, 0.3) is 0 Å². The summed E-state index contributed by atoms with van der Waals surface area (Å²) in [5.41, 5.74) is 1.49. The van der Waals surface area contributed by atoms with Crippen molar-refractivity contribution >= 4 is 17.8 Å². The molecule has 2 saturated heterocycles. The minimum absolute atomic E-state index is 0.0458. The molecule has 37 heavy (non-hydrogen) atoms. The van der Waals surface area contributed by atoms with Crippen molar-refractivity contribution in [2.24, 2.45) is 5.92 Å². The third-order valence-corrected chi connectivity index (χ3v) is 6.97. The molecular formula is C27H33F2N5O3. The normalized spacial score (nSPS) is 21.3. The van der Waals surface area contributed by atoms with Crippen molar-refractivity contribution in [3.05, 3.63) is 71.3 Å². The van der Waals surface area contributed by atoms with Gasteiger partial charge >= 0.3 is 6.03 Å². The van der Waals surface area contributed by atoms with Crippen molar-refractivity contribution in [1.82, 2.24) is 25.1 Å². The molecule has 2 aliphatic heterocycles. The summed E-state index contributed by atoms with van der Waals surface area (Å²) in [7, 11) is 1.66. The Morgan fingerprint density at radius 3 is 2.19 bits per heavy atom. The molecule has 8 nitrogen and oxygen atoms in total. The van der Waals surface area contributed by atoms with Crippen molar-refractivity contribution < 1.29 is 23.2 Å². The summed E-state index contributed by atoms with van der Waals surface area (Å²) in [5.74, 6) is -1.01. The van der Waals surface area contributed by atoms with Gasteiger partial charge in [-0.25, -0.2) is 23.6 Å². The summed E-state index contributed by atoms with van der Waals surface area (Å²) in [5, 5.41) is 5.90. The molecule has 2 fully saturated rings. The summed E-state index contributed by atoms with van der Waals surface area (Å²) < 4.78 is 26.8. The largest absolute Gasteiger partial charge is 0.334 e. The SMILES string of the molecule is CC(C)C[C@H]1C(=O)N(C(C)c2ccc(F)cc2)C[C@H]2N1C(=O)CN(C)N2C(=O)NCc1ccc(F)cc1. The van der Waals surface area contributed by atoms with E-state index >= 15 is 0 Å². The number of amides is 4. The summed E-state index contributed by atoms with van der Waals surface area (Å²) in [6.45, 7) is 6.06. The van der Waals surface area contributed by atoms with Crippen LogP contribution in [-0.4, -0.2) is 70.0 Å². The number of nitrogens with one attached hydrogen (secondary N) is 1. The quantitative estimate of drug-likeness (QED) is 0.642. The van der Waals surface area contributed by atoms with E-state index in [1.807, 2.05) is 20.8 Å². The average molecular weight is 514 g/mol. The van der Waals surface area contributed by atoms with Crippen molar-refractivity contribution in [2.75, 3.05) is 20.1 Å². The molecule has 2 aromatic rings. The minimum atomic E-state index is -0.727. The number of benzene rings is 2. The van der Waals surface area contributed by atoms with Crippen LogP contribution >= 0.6 is 0 Å². The molecule has 1 N–H and O–H groups in total. The first-order chi connectivity index (χ1) is 17.6. The van der Waals surface area contributed by atoms with Crippen LogP contribution in [0.4, 0.5) is 13.6 Å². The number of piperazine rings is 1. The fraction of sp³-hybridized carbons (Fsp3) is 0.444. The Balaban J connectivity index is 1.63. The van der Waals surface area contributed by atoms with Gasteiger partial charge in [0.1, 0.15) is 23.8 Å². The first-order valence-corrected chi connectivity index (χ1v) is 12.5. The highest BCUT2D eigenvalue weighted by atomic mass is 19.1. The van der Waals surface area contributed by atoms with E-state index in [0.717, 1.165) is 11.1 Å². The topological polar surface area (TPSA) is 76.2 Å². The van der Waals surface area contributed by atoms with E-state index in [2.05, 4.69) is 5.32 Å². The Hall–Kier alpha value is -3.53. The maximum atomic E-state index is 13.7. The van der Waals surface area contributed by atoms with Gasteiger partial charge in [-0.05, 0) is 54.7 Å². The van der Waals surface area contributed by atoms with Crippen LogP contribution in [0, 0.1) is 17.6 Å². The van der Waals surface area contributed by atoms with Crippen LogP contribution in [0.1, 0.15) is 44.4 Å². The smallest absolute Gasteiger partial charge is 0.333 e. The molecule has 4 amide bonds. The van der Waals surface area contributed by atoms with Crippen LogP contribution in [-0.2, 0) is 16.1 Å². The highest BCUT2D eigenvalue weighted by molar-refractivity contribution is 5.91. The molecule has 0 aromatic heterocycles. The molecule has 2 heterocycles. The maximum Gasteiger partial charge on any atom is 0.334 e. The highest BCUT2D eigenvalue weighted by Gasteiger charge is 2.51. The Morgan fingerprint density at radius 2 is 1.59 bits per heavy atom. The predicted octanol–water partition coefficient (Wildman–Crippen LogP) is 3.51. The van der Waals surface area contributed by atoms with E-state index in [9.17, 15) is 23.2 Å². The van der Waals surface area contributed by atoms with Crippen LogP contribution in [0.5, 0.6) is 0 Å². The lowest BCUT2D eigenvalue weighted by atomic mass is 9.95. The lowest BCUT2D eigenvalue weighted by Crippen LogP contribution is -2.76. The van der Waals surface area contributed by atoms with Crippen LogP contribution in [0.3, 0.4) is 0 Å². The van der Waals surface area contributed by atoms with Crippen molar-refractivity contribution in [2.45, 2.75) is 52.0 Å². The van der Waals surface area contributed by atoms with Gasteiger partial charge in [0.2, 0.25) is 11.8 Å². The number of nitrogens with zero attached hydrogens (tertiary/aromatic N) is 4. The molecule has 0 bridgehead atoms. The van der Waals surface area contributed by atoms with Gasteiger partial charge in [-0.1, -0.05) is 38.1 Å². The predicted molar refractivity (Wildman–Crippen MR) is 134 cm³/mol. The summed E-state index contributed by atoms with van der Waals surface area (Å²) in [4.78, 5) is 43.6. The highest BCUT2D eigenvalue weighted by Crippen LogP contribution is 2.33. The van der Waals surface area contributed by atoms with E-state index in [1.54, 1.807) is 46.1 Å².